The molecule has 0 unspecified atom stereocenters. The van der Waals surface area contributed by atoms with Crippen molar-refractivity contribution in [1.82, 2.24) is 0 Å². The summed E-state index contributed by atoms with van der Waals surface area (Å²) in [7, 11) is 0. The Bertz CT molecular complexity index is 128. The quantitative estimate of drug-likeness (QED) is 0.596. The third-order valence-corrected chi connectivity index (χ3v) is 2.29. The van der Waals surface area contributed by atoms with Gasteiger partial charge in [-0.2, -0.15) is 0 Å². The number of carbonyl (C=O) groups is 1. The van der Waals surface area contributed by atoms with Gasteiger partial charge in [0.05, 0.1) is 0 Å². The molecule has 0 N–H and O–H groups in total. The zero-order chi connectivity index (χ0) is 9.56. The summed E-state index contributed by atoms with van der Waals surface area (Å²) in [6.45, 7) is 7.82. The Balaban J connectivity index is 4.01. The van der Waals surface area contributed by atoms with Crippen molar-refractivity contribution in [2.45, 2.75) is 53.1 Å². The zero-order valence-electron chi connectivity index (χ0n) is 8.59. The number of esters is 1. The molecule has 1 atom stereocenters. The molecule has 0 rings (SSSR count). The molecule has 0 aliphatic rings. The van der Waals surface area contributed by atoms with Gasteiger partial charge in [0.25, 0.3) is 0 Å². The fraction of sp³-hybridized carbons (Fsp3) is 0.900. The predicted octanol–water partition coefficient (Wildman–Crippen LogP) is 2.76. The summed E-state index contributed by atoms with van der Waals surface area (Å²) in [4.78, 5) is 10.7. The summed E-state index contributed by atoms with van der Waals surface area (Å²) in [6, 6.07) is 0. The van der Waals surface area contributed by atoms with Crippen molar-refractivity contribution < 1.29 is 9.53 Å². The Labute approximate surface area is 75.3 Å². The Morgan fingerprint density at radius 1 is 1.17 bits per heavy atom. The summed E-state index contributed by atoms with van der Waals surface area (Å²) in [5.41, 5.74) is 0. The predicted molar refractivity (Wildman–Crippen MR) is 49.9 cm³/mol. The van der Waals surface area contributed by atoms with Crippen molar-refractivity contribution in [2.75, 3.05) is 0 Å². The van der Waals surface area contributed by atoms with Crippen LogP contribution in [0.5, 0.6) is 0 Å². The van der Waals surface area contributed by atoms with E-state index in [0.29, 0.717) is 5.92 Å². The third-order valence-electron chi connectivity index (χ3n) is 2.29. The molecular weight excluding hydrogens is 152 g/mol. The highest BCUT2D eigenvalue weighted by Gasteiger charge is 2.18. The molecule has 0 radical (unpaired) electrons. The Hall–Kier alpha value is -0.530. The number of carbonyl (C=O) groups excluding carboxylic acids is 1. The standard InChI is InChI=1S/C10H20O2/c1-5-9(6-2)10(7-3)12-8(4)11/h9-10H,5-7H2,1-4H3/t10-/m1/s1. The third kappa shape index (κ3) is 3.74. The van der Waals surface area contributed by atoms with Gasteiger partial charge in [-0.1, -0.05) is 20.8 Å². The van der Waals surface area contributed by atoms with Gasteiger partial charge in [-0.15, -0.1) is 0 Å². The highest BCUT2D eigenvalue weighted by molar-refractivity contribution is 5.66. The lowest BCUT2D eigenvalue weighted by atomic mass is 9.95. The second-order valence-corrected chi connectivity index (χ2v) is 3.13. The van der Waals surface area contributed by atoms with Crippen molar-refractivity contribution in [1.29, 1.82) is 0 Å². The molecule has 0 aliphatic heterocycles. The molecule has 72 valence electrons. The van der Waals surface area contributed by atoms with E-state index in [2.05, 4.69) is 20.8 Å². The van der Waals surface area contributed by atoms with Crippen LogP contribution in [0.3, 0.4) is 0 Å². The van der Waals surface area contributed by atoms with Gasteiger partial charge < -0.3 is 4.74 Å². The lowest BCUT2D eigenvalue weighted by Crippen LogP contribution is -2.24. The summed E-state index contributed by atoms with van der Waals surface area (Å²) in [6.07, 6.45) is 3.22. The molecular formula is C10H20O2. The molecule has 0 spiro atoms. The van der Waals surface area contributed by atoms with E-state index in [4.69, 9.17) is 4.74 Å². The molecule has 2 heteroatoms. The smallest absolute Gasteiger partial charge is 0.302 e. The maximum Gasteiger partial charge on any atom is 0.302 e. The topological polar surface area (TPSA) is 26.3 Å². The molecule has 0 heterocycles. The first-order chi connectivity index (χ1) is 5.65. The van der Waals surface area contributed by atoms with Crippen molar-refractivity contribution in [3.8, 4) is 0 Å². The molecule has 0 fully saturated rings. The molecule has 0 aliphatic carbocycles. The first kappa shape index (κ1) is 11.5. The van der Waals surface area contributed by atoms with Gasteiger partial charge in [-0.25, -0.2) is 0 Å². The van der Waals surface area contributed by atoms with Crippen LogP contribution in [0.15, 0.2) is 0 Å². The van der Waals surface area contributed by atoms with Crippen LogP contribution in [-0.2, 0) is 9.53 Å². The first-order valence-electron chi connectivity index (χ1n) is 4.82. The minimum absolute atomic E-state index is 0.123. The second-order valence-electron chi connectivity index (χ2n) is 3.13. The number of hydrogen-bond donors (Lipinski definition) is 0. The lowest BCUT2D eigenvalue weighted by Gasteiger charge is -2.23. The van der Waals surface area contributed by atoms with Gasteiger partial charge in [0.15, 0.2) is 0 Å². The molecule has 0 saturated heterocycles. The minimum atomic E-state index is -0.159. The van der Waals surface area contributed by atoms with E-state index >= 15 is 0 Å². The maximum atomic E-state index is 10.7. The highest BCUT2D eigenvalue weighted by atomic mass is 16.5. The molecule has 0 aromatic carbocycles. The van der Waals surface area contributed by atoms with Crippen LogP contribution < -0.4 is 0 Å². The second kappa shape index (κ2) is 6.04. The average Bonchev–Trinajstić information content (AvgIpc) is 2.04. The van der Waals surface area contributed by atoms with E-state index < -0.39 is 0 Å². The van der Waals surface area contributed by atoms with Gasteiger partial charge in [-0.3, -0.25) is 4.79 Å². The number of ether oxygens (including phenoxy) is 1. The lowest BCUT2D eigenvalue weighted by molar-refractivity contribution is -0.149. The van der Waals surface area contributed by atoms with E-state index in [1.165, 1.54) is 6.92 Å². The van der Waals surface area contributed by atoms with Crippen LogP contribution in [0.25, 0.3) is 0 Å². The summed E-state index contributed by atoms with van der Waals surface area (Å²) < 4.78 is 5.20. The highest BCUT2D eigenvalue weighted by Crippen LogP contribution is 2.18. The van der Waals surface area contributed by atoms with Crippen LogP contribution in [0, 0.1) is 5.92 Å². The largest absolute Gasteiger partial charge is 0.462 e. The van der Waals surface area contributed by atoms with Crippen LogP contribution in [0.4, 0.5) is 0 Å². The van der Waals surface area contributed by atoms with E-state index in [9.17, 15) is 4.79 Å². The first-order valence-corrected chi connectivity index (χ1v) is 4.82. The Kier molecular flexibility index (Phi) is 5.77. The molecule has 0 amide bonds. The van der Waals surface area contributed by atoms with Crippen LogP contribution in [0.1, 0.15) is 47.0 Å². The molecule has 12 heavy (non-hydrogen) atoms. The van der Waals surface area contributed by atoms with E-state index in [1.807, 2.05) is 0 Å². The van der Waals surface area contributed by atoms with Crippen molar-refractivity contribution in [3.63, 3.8) is 0 Å². The van der Waals surface area contributed by atoms with Gasteiger partial charge in [-0.05, 0) is 25.2 Å². The number of rotatable bonds is 5. The van der Waals surface area contributed by atoms with Crippen LogP contribution in [-0.4, -0.2) is 12.1 Å². The van der Waals surface area contributed by atoms with Gasteiger partial charge in [0, 0.05) is 6.92 Å². The summed E-state index contributed by atoms with van der Waals surface area (Å²) in [5, 5.41) is 0. The summed E-state index contributed by atoms with van der Waals surface area (Å²) >= 11 is 0. The van der Waals surface area contributed by atoms with Gasteiger partial charge in [0.1, 0.15) is 6.10 Å². The minimum Gasteiger partial charge on any atom is -0.462 e. The molecule has 0 aromatic rings. The van der Waals surface area contributed by atoms with Crippen LogP contribution in [0.2, 0.25) is 0 Å². The monoisotopic (exact) mass is 172 g/mol. The van der Waals surface area contributed by atoms with Crippen molar-refractivity contribution in [3.05, 3.63) is 0 Å². The van der Waals surface area contributed by atoms with Gasteiger partial charge >= 0.3 is 5.97 Å². The fourth-order valence-corrected chi connectivity index (χ4v) is 1.54. The summed E-state index contributed by atoms with van der Waals surface area (Å²) in [5.74, 6) is 0.368. The number of hydrogen-bond acceptors (Lipinski definition) is 2. The zero-order valence-corrected chi connectivity index (χ0v) is 8.59. The van der Waals surface area contributed by atoms with E-state index in [-0.39, 0.29) is 12.1 Å². The molecule has 0 aromatic heterocycles. The normalized spacial score (nSPS) is 13.1. The molecule has 0 saturated carbocycles. The van der Waals surface area contributed by atoms with Gasteiger partial charge in [0.2, 0.25) is 0 Å². The SMILES string of the molecule is CCC(CC)[C@@H](CC)OC(C)=O. The fourth-order valence-electron chi connectivity index (χ4n) is 1.54. The Morgan fingerprint density at radius 2 is 1.67 bits per heavy atom. The van der Waals surface area contributed by atoms with Crippen LogP contribution >= 0.6 is 0 Å². The average molecular weight is 172 g/mol. The van der Waals surface area contributed by atoms with E-state index in [1.54, 1.807) is 0 Å². The maximum absolute atomic E-state index is 10.7. The van der Waals surface area contributed by atoms with Crippen molar-refractivity contribution in [2.24, 2.45) is 5.92 Å². The van der Waals surface area contributed by atoms with E-state index in [0.717, 1.165) is 19.3 Å². The Morgan fingerprint density at radius 3 is 1.92 bits per heavy atom. The molecule has 0 bridgehead atoms. The molecule has 2 nitrogen and oxygen atoms in total. The van der Waals surface area contributed by atoms with Crippen molar-refractivity contribution >= 4 is 5.97 Å².